The molecule has 0 aliphatic heterocycles. The minimum atomic E-state index is -0.979. The van der Waals surface area contributed by atoms with E-state index in [-0.39, 0.29) is 5.78 Å². The third-order valence-corrected chi connectivity index (χ3v) is 0.537. The van der Waals surface area contributed by atoms with Gasteiger partial charge in [-0.05, 0) is 0 Å². The Morgan fingerprint density at radius 2 is 1.17 bits per heavy atom. The van der Waals surface area contributed by atoms with Crippen LogP contribution in [0.2, 0.25) is 0 Å². The van der Waals surface area contributed by atoms with Gasteiger partial charge in [-0.3, -0.25) is 0 Å². The predicted molar refractivity (Wildman–Crippen MR) is 40.1 cm³/mol. The van der Waals surface area contributed by atoms with Gasteiger partial charge in [0.2, 0.25) is 0 Å². The molecule has 0 aromatic carbocycles. The first-order valence-electron chi connectivity index (χ1n) is 2.94. The lowest BCUT2D eigenvalue weighted by atomic mass is 10.6. The molecule has 0 radical (unpaired) electrons. The van der Waals surface area contributed by atoms with Crippen molar-refractivity contribution in [2.45, 2.75) is 6.92 Å². The zero-order chi connectivity index (χ0) is 10.1. The molecule has 0 bridgehead atoms. The maximum absolute atomic E-state index is 10.0. The van der Waals surface area contributed by atoms with Gasteiger partial charge in [-0.15, -0.1) is 0 Å². The minimum absolute atomic E-state index is 0.0833. The molecule has 12 heavy (non-hydrogen) atoms. The highest BCUT2D eigenvalue weighted by Gasteiger charge is 2.11. The second-order valence-corrected chi connectivity index (χ2v) is 1.69. The fraction of sp³-hybridized carbons (Fsp3) is 0.429. The first kappa shape index (κ1) is 13.1. The molecule has 0 saturated heterocycles. The Morgan fingerprint density at radius 1 is 1.00 bits per heavy atom. The number of carbonyl (C=O) groups is 3. The lowest BCUT2D eigenvalue weighted by Gasteiger charge is -1.92. The fourth-order valence-electron chi connectivity index (χ4n) is 0.167. The standard InChI is InChI=1S/C4H6O4.C3H5O/c1-7-3(5)4(6)8-2;1-3(2)4/h1-2H3;1H2,2H3/q;+1. The van der Waals surface area contributed by atoms with Gasteiger partial charge in [0.05, 0.1) is 14.2 Å². The molecule has 68 valence electrons. The number of Topliss-reactive ketones (excluding diaryl/α,β-unsaturated/α-hetero) is 1. The molecule has 0 unspecified atom stereocenters. The lowest BCUT2D eigenvalue weighted by Crippen LogP contribution is -2.16. The zero-order valence-corrected chi connectivity index (χ0v) is 7.25. The fourth-order valence-corrected chi connectivity index (χ4v) is 0.167. The van der Waals surface area contributed by atoms with E-state index in [4.69, 9.17) is 0 Å². The molecule has 0 saturated carbocycles. The largest absolute Gasteiger partial charge is 0.461 e. The van der Waals surface area contributed by atoms with Gasteiger partial charge < -0.3 is 9.47 Å². The molecular formula is C7H11O5+. The van der Waals surface area contributed by atoms with Gasteiger partial charge in [0.1, 0.15) is 6.92 Å². The molecule has 0 spiro atoms. The van der Waals surface area contributed by atoms with Crippen LogP contribution in [-0.4, -0.2) is 31.9 Å². The zero-order valence-electron chi connectivity index (χ0n) is 7.25. The Balaban J connectivity index is 0. The Bertz CT molecular complexity index is 155. The molecule has 5 nitrogen and oxygen atoms in total. The van der Waals surface area contributed by atoms with Crippen molar-refractivity contribution >= 4 is 17.7 Å². The van der Waals surface area contributed by atoms with E-state index in [1.165, 1.54) is 6.92 Å². The van der Waals surface area contributed by atoms with Crippen LogP contribution >= 0.6 is 0 Å². The van der Waals surface area contributed by atoms with Gasteiger partial charge in [0.25, 0.3) is 5.78 Å². The normalized spacial score (nSPS) is 7.25. The van der Waals surface area contributed by atoms with Crippen molar-refractivity contribution in [2.75, 3.05) is 14.2 Å². The SMILES string of the molecule is COC(=O)C(=O)OC.[CH2+]C(C)=O. The van der Waals surface area contributed by atoms with Crippen molar-refractivity contribution in [1.82, 2.24) is 0 Å². The van der Waals surface area contributed by atoms with Gasteiger partial charge in [-0.1, -0.05) is 0 Å². The van der Waals surface area contributed by atoms with E-state index in [1.54, 1.807) is 0 Å². The van der Waals surface area contributed by atoms with Crippen molar-refractivity contribution in [2.24, 2.45) is 0 Å². The molecule has 0 aromatic heterocycles. The van der Waals surface area contributed by atoms with E-state index < -0.39 is 11.9 Å². The van der Waals surface area contributed by atoms with E-state index in [2.05, 4.69) is 16.4 Å². The Labute approximate surface area is 70.6 Å². The average Bonchev–Trinajstić information content (AvgIpc) is 2.00. The minimum Gasteiger partial charge on any atom is -0.461 e. The van der Waals surface area contributed by atoms with Crippen LogP contribution in [0.1, 0.15) is 6.92 Å². The number of methoxy groups -OCH3 is 2. The van der Waals surface area contributed by atoms with Gasteiger partial charge in [-0.25, -0.2) is 14.4 Å². The highest BCUT2D eigenvalue weighted by molar-refractivity contribution is 6.29. The van der Waals surface area contributed by atoms with Crippen LogP contribution in [0.25, 0.3) is 0 Å². The van der Waals surface area contributed by atoms with Gasteiger partial charge in [0.15, 0.2) is 0 Å². The number of ether oxygens (including phenoxy) is 2. The van der Waals surface area contributed by atoms with Crippen LogP contribution in [-0.2, 0) is 23.9 Å². The summed E-state index contributed by atoms with van der Waals surface area (Å²) < 4.78 is 7.98. The maximum Gasteiger partial charge on any atom is 0.417 e. The topological polar surface area (TPSA) is 69.7 Å². The molecule has 0 fully saturated rings. The summed E-state index contributed by atoms with van der Waals surface area (Å²) in [6.07, 6.45) is 0. The molecule has 0 amide bonds. The predicted octanol–water partition coefficient (Wildman–Crippen LogP) is -0.258. The number of esters is 2. The third-order valence-electron chi connectivity index (χ3n) is 0.537. The summed E-state index contributed by atoms with van der Waals surface area (Å²) in [5, 5.41) is 0. The summed E-state index contributed by atoms with van der Waals surface area (Å²) in [5.41, 5.74) is 0. The number of hydrogen-bond acceptors (Lipinski definition) is 5. The molecule has 0 rings (SSSR count). The van der Waals surface area contributed by atoms with Crippen LogP contribution in [0.3, 0.4) is 0 Å². The van der Waals surface area contributed by atoms with Gasteiger partial charge >= 0.3 is 11.9 Å². The summed E-state index contributed by atoms with van der Waals surface area (Å²) in [6, 6.07) is 0. The number of rotatable bonds is 0. The van der Waals surface area contributed by atoms with Crippen LogP contribution in [0.5, 0.6) is 0 Å². The van der Waals surface area contributed by atoms with Gasteiger partial charge in [0, 0.05) is 6.92 Å². The van der Waals surface area contributed by atoms with E-state index in [1.807, 2.05) is 0 Å². The van der Waals surface area contributed by atoms with E-state index in [0.717, 1.165) is 14.2 Å². The van der Waals surface area contributed by atoms with Crippen LogP contribution in [0.15, 0.2) is 0 Å². The summed E-state index contributed by atoms with van der Waals surface area (Å²) in [6.45, 7) is 4.42. The van der Waals surface area contributed by atoms with Crippen molar-refractivity contribution in [3.63, 3.8) is 0 Å². The second-order valence-electron chi connectivity index (χ2n) is 1.69. The summed E-state index contributed by atoms with van der Waals surface area (Å²) in [7, 11) is 2.22. The van der Waals surface area contributed by atoms with E-state index in [9.17, 15) is 14.4 Å². The molecule has 0 heterocycles. The molecule has 0 aliphatic rings. The average molecular weight is 175 g/mol. The van der Waals surface area contributed by atoms with Crippen LogP contribution < -0.4 is 0 Å². The highest BCUT2D eigenvalue weighted by Crippen LogP contribution is 1.75. The number of hydrogen-bond donors (Lipinski definition) is 0. The van der Waals surface area contributed by atoms with Crippen molar-refractivity contribution in [3.05, 3.63) is 6.92 Å². The second kappa shape index (κ2) is 7.59. The Morgan fingerprint density at radius 3 is 1.25 bits per heavy atom. The van der Waals surface area contributed by atoms with E-state index in [0.29, 0.717) is 0 Å². The van der Waals surface area contributed by atoms with Crippen LogP contribution in [0, 0.1) is 6.92 Å². The Hall–Kier alpha value is -1.52. The monoisotopic (exact) mass is 175 g/mol. The van der Waals surface area contributed by atoms with Gasteiger partial charge in [-0.2, -0.15) is 0 Å². The molecule has 5 heteroatoms. The van der Waals surface area contributed by atoms with E-state index >= 15 is 0 Å². The lowest BCUT2D eigenvalue weighted by molar-refractivity contribution is -0.164. The molecule has 0 N–H and O–H groups in total. The highest BCUT2D eigenvalue weighted by atomic mass is 16.6. The molecule has 0 aliphatic carbocycles. The molecule has 0 atom stereocenters. The first-order valence-corrected chi connectivity index (χ1v) is 2.94. The summed E-state index contributed by atoms with van der Waals surface area (Å²) in [4.78, 5) is 29.4. The third kappa shape index (κ3) is 11.3. The number of carbonyl (C=O) groups excluding carboxylic acids is 3. The maximum atomic E-state index is 10.0. The smallest absolute Gasteiger partial charge is 0.417 e. The van der Waals surface area contributed by atoms with Crippen molar-refractivity contribution < 1.29 is 23.9 Å². The number of ketones is 1. The van der Waals surface area contributed by atoms with Crippen molar-refractivity contribution in [3.8, 4) is 0 Å². The quantitative estimate of drug-likeness (QED) is 0.288. The van der Waals surface area contributed by atoms with Crippen LogP contribution in [0.4, 0.5) is 0 Å². The first-order chi connectivity index (χ1) is 5.45. The Kier molecular flexibility index (Phi) is 8.28. The van der Waals surface area contributed by atoms with Crippen molar-refractivity contribution in [1.29, 1.82) is 0 Å². The summed E-state index contributed by atoms with van der Waals surface area (Å²) >= 11 is 0. The molecular weight excluding hydrogens is 164 g/mol. The molecule has 0 aromatic rings. The summed E-state index contributed by atoms with van der Waals surface area (Å²) in [5.74, 6) is -2.04.